The molecule has 0 radical (unpaired) electrons. The lowest BCUT2D eigenvalue weighted by Gasteiger charge is -2.30. The number of anilines is 1. The van der Waals surface area contributed by atoms with Crippen LogP contribution < -0.4 is 4.90 Å². The highest BCUT2D eigenvalue weighted by Gasteiger charge is 2.25. The second kappa shape index (κ2) is 6.07. The number of piperidine rings is 1. The van der Waals surface area contributed by atoms with Gasteiger partial charge < -0.3 is 4.90 Å². The van der Waals surface area contributed by atoms with Crippen molar-refractivity contribution in [1.82, 2.24) is 9.97 Å². The van der Waals surface area contributed by atoms with Crippen molar-refractivity contribution in [2.75, 3.05) is 18.0 Å². The Labute approximate surface area is 155 Å². The summed E-state index contributed by atoms with van der Waals surface area (Å²) in [5.41, 5.74) is 3.58. The predicted octanol–water partition coefficient (Wildman–Crippen LogP) is 5.60. The highest BCUT2D eigenvalue weighted by Crippen LogP contribution is 2.37. The summed E-state index contributed by atoms with van der Waals surface area (Å²) in [6, 6.07) is 14.9. The largest absolute Gasteiger partial charge is 0.348 e. The van der Waals surface area contributed by atoms with Crippen LogP contribution in [0.3, 0.4) is 0 Å². The van der Waals surface area contributed by atoms with Gasteiger partial charge in [-0.2, -0.15) is 0 Å². The normalized spacial score (nSPS) is 16.1. The molecule has 1 aliphatic heterocycles. The number of rotatable bonds is 2. The van der Waals surface area contributed by atoms with Gasteiger partial charge in [-0.25, -0.2) is 9.97 Å². The van der Waals surface area contributed by atoms with E-state index in [0.29, 0.717) is 5.92 Å². The van der Waals surface area contributed by atoms with Crippen LogP contribution in [0.15, 0.2) is 42.5 Å². The molecule has 0 bridgehead atoms. The Morgan fingerprint density at radius 3 is 2.52 bits per heavy atom. The molecule has 0 amide bonds. The third-order valence-electron chi connectivity index (χ3n) is 5.03. The first-order chi connectivity index (χ1) is 12.3. The van der Waals surface area contributed by atoms with Gasteiger partial charge >= 0.3 is 0 Å². The molecule has 3 heterocycles. The lowest BCUT2D eigenvalue weighted by molar-refractivity contribution is 0.504. The topological polar surface area (TPSA) is 29.0 Å². The maximum absolute atomic E-state index is 4.90. The number of aryl methyl sites for hydroxylation is 1. The van der Waals surface area contributed by atoms with Crippen LogP contribution in [0.1, 0.15) is 29.3 Å². The highest BCUT2D eigenvalue weighted by atomic mass is 32.1. The van der Waals surface area contributed by atoms with E-state index in [1.807, 2.05) is 22.7 Å². The number of benzene rings is 2. The molecule has 5 rings (SSSR count). The van der Waals surface area contributed by atoms with Crippen LogP contribution >= 0.6 is 22.7 Å². The number of aromatic nitrogens is 2. The fourth-order valence-corrected chi connectivity index (χ4v) is 5.82. The molecule has 0 spiro atoms. The van der Waals surface area contributed by atoms with Gasteiger partial charge in [0.1, 0.15) is 0 Å². The summed E-state index contributed by atoms with van der Waals surface area (Å²) in [6.45, 7) is 4.28. The maximum atomic E-state index is 4.90. The molecule has 126 valence electrons. The van der Waals surface area contributed by atoms with E-state index in [0.717, 1.165) is 37.0 Å². The van der Waals surface area contributed by atoms with Crippen molar-refractivity contribution < 1.29 is 0 Å². The minimum atomic E-state index is 0.588. The summed E-state index contributed by atoms with van der Waals surface area (Å²) in [5.74, 6) is 0.588. The molecule has 25 heavy (non-hydrogen) atoms. The lowest BCUT2D eigenvalue weighted by atomic mass is 9.98. The molecule has 1 saturated heterocycles. The van der Waals surface area contributed by atoms with Gasteiger partial charge in [0.2, 0.25) is 0 Å². The van der Waals surface area contributed by atoms with Gasteiger partial charge in [0.25, 0.3) is 0 Å². The maximum Gasteiger partial charge on any atom is 0.186 e. The molecule has 0 saturated carbocycles. The van der Waals surface area contributed by atoms with Crippen molar-refractivity contribution >= 4 is 48.2 Å². The zero-order chi connectivity index (χ0) is 16.8. The molecule has 1 aliphatic rings. The SMILES string of the molecule is Cc1cccc2sc(N3CCC(c4nc5ccccc5s4)CC3)nc12. The zero-order valence-corrected chi connectivity index (χ0v) is 15.7. The fourth-order valence-electron chi connectivity index (χ4n) is 3.59. The summed E-state index contributed by atoms with van der Waals surface area (Å²) < 4.78 is 2.60. The minimum Gasteiger partial charge on any atom is -0.348 e. The van der Waals surface area contributed by atoms with Gasteiger partial charge in [0, 0.05) is 19.0 Å². The van der Waals surface area contributed by atoms with E-state index in [1.165, 1.54) is 25.1 Å². The van der Waals surface area contributed by atoms with E-state index in [2.05, 4.69) is 54.3 Å². The van der Waals surface area contributed by atoms with E-state index in [-0.39, 0.29) is 0 Å². The third-order valence-corrected chi connectivity index (χ3v) is 7.31. The third kappa shape index (κ3) is 2.71. The molecule has 3 nitrogen and oxygen atoms in total. The molecule has 1 fully saturated rings. The summed E-state index contributed by atoms with van der Waals surface area (Å²) >= 11 is 3.68. The molecule has 0 aliphatic carbocycles. The van der Waals surface area contributed by atoms with E-state index < -0.39 is 0 Å². The monoisotopic (exact) mass is 365 g/mol. The quantitative estimate of drug-likeness (QED) is 0.463. The average Bonchev–Trinajstić information content (AvgIpc) is 3.27. The minimum absolute atomic E-state index is 0.588. The second-order valence-electron chi connectivity index (χ2n) is 6.70. The Morgan fingerprint density at radius 2 is 1.72 bits per heavy atom. The van der Waals surface area contributed by atoms with Gasteiger partial charge in [-0.1, -0.05) is 35.6 Å². The average molecular weight is 366 g/mol. The number of nitrogens with zero attached hydrogens (tertiary/aromatic N) is 3. The Balaban J connectivity index is 1.35. The van der Waals surface area contributed by atoms with Crippen LogP contribution in [0.25, 0.3) is 20.4 Å². The van der Waals surface area contributed by atoms with E-state index >= 15 is 0 Å². The van der Waals surface area contributed by atoms with Gasteiger partial charge in [0.15, 0.2) is 5.13 Å². The van der Waals surface area contributed by atoms with Crippen LogP contribution in [0, 0.1) is 6.92 Å². The molecule has 2 aromatic carbocycles. The van der Waals surface area contributed by atoms with Crippen molar-refractivity contribution in [3.8, 4) is 0 Å². The molecule has 0 N–H and O–H groups in total. The molecule has 2 aromatic heterocycles. The molecular weight excluding hydrogens is 346 g/mol. The Bertz CT molecular complexity index is 1010. The van der Waals surface area contributed by atoms with Gasteiger partial charge in [-0.15, -0.1) is 11.3 Å². The summed E-state index contributed by atoms with van der Waals surface area (Å²) in [5, 5.41) is 2.48. The number of fused-ring (bicyclic) bond motifs is 2. The van der Waals surface area contributed by atoms with Gasteiger partial charge in [-0.3, -0.25) is 0 Å². The van der Waals surface area contributed by atoms with Crippen LogP contribution in [0.2, 0.25) is 0 Å². The molecule has 0 atom stereocenters. The first-order valence-electron chi connectivity index (χ1n) is 8.74. The first kappa shape index (κ1) is 15.3. The number of para-hydroxylation sites is 2. The second-order valence-corrected chi connectivity index (χ2v) is 8.77. The highest BCUT2D eigenvalue weighted by molar-refractivity contribution is 7.22. The van der Waals surface area contributed by atoms with E-state index in [1.54, 1.807) is 0 Å². The van der Waals surface area contributed by atoms with E-state index in [9.17, 15) is 0 Å². The standard InChI is InChI=1S/C20H19N3S2/c1-13-5-4-8-17-18(13)22-20(25-17)23-11-9-14(10-12-23)19-21-15-6-2-3-7-16(15)24-19/h2-8,14H,9-12H2,1H3. The van der Waals surface area contributed by atoms with Gasteiger partial charge in [-0.05, 0) is 43.5 Å². The zero-order valence-electron chi connectivity index (χ0n) is 14.1. The Kier molecular flexibility index (Phi) is 3.71. The number of hydrogen-bond acceptors (Lipinski definition) is 5. The number of thiazole rings is 2. The number of hydrogen-bond donors (Lipinski definition) is 0. The summed E-state index contributed by atoms with van der Waals surface area (Å²) in [4.78, 5) is 12.2. The van der Waals surface area contributed by atoms with Crippen molar-refractivity contribution in [3.05, 3.63) is 53.0 Å². The van der Waals surface area contributed by atoms with Crippen molar-refractivity contribution in [2.45, 2.75) is 25.7 Å². The molecule has 0 unspecified atom stereocenters. The Hall–Kier alpha value is -1.98. The molecule has 5 heteroatoms. The Morgan fingerprint density at radius 1 is 0.920 bits per heavy atom. The van der Waals surface area contributed by atoms with Gasteiger partial charge in [0.05, 0.1) is 25.4 Å². The van der Waals surface area contributed by atoms with Crippen molar-refractivity contribution in [3.63, 3.8) is 0 Å². The van der Waals surface area contributed by atoms with Crippen LogP contribution in [-0.4, -0.2) is 23.1 Å². The predicted molar refractivity (Wildman–Crippen MR) is 108 cm³/mol. The summed E-state index contributed by atoms with van der Waals surface area (Å²) in [7, 11) is 0. The van der Waals surface area contributed by atoms with Crippen LogP contribution in [-0.2, 0) is 0 Å². The fraction of sp³-hybridized carbons (Fsp3) is 0.300. The molecular formula is C20H19N3S2. The van der Waals surface area contributed by atoms with Crippen molar-refractivity contribution in [1.29, 1.82) is 0 Å². The van der Waals surface area contributed by atoms with Crippen LogP contribution in [0.5, 0.6) is 0 Å². The molecule has 4 aromatic rings. The van der Waals surface area contributed by atoms with E-state index in [4.69, 9.17) is 9.97 Å². The summed E-state index contributed by atoms with van der Waals surface area (Å²) in [6.07, 6.45) is 2.32. The smallest absolute Gasteiger partial charge is 0.186 e. The lowest BCUT2D eigenvalue weighted by Crippen LogP contribution is -2.32. The van der Waals surface area contributed by atoms with Crippen LogP contribution in [0.4, 0.5) is 5.13 Å². The first-order valence-corrected chi connectivity index (χ1v) is 10.4. The van der Waals surface area contributed by atoms with Crippen molar-refractivity contribution in [2.24, 2.45) is 0 Å².